The summed E-state index contributed by atoms with van der Waals surface area (Å²) in [5.41, 5.74) is 4.02. The van der Waals surface area contributed by atoms with Crippen LogP contribution in [0.15, 0.2) is 12.7 Å². The average molecular weight is 204 g/mol. The van der Waals surface area contributed by atoms with Crippen LogP contribution in [0.25, 0.3) is 0 Å². The summed E-state index contributed by atoms with van der Waals surface area (Å²) < 4.78 is 5.77. The van der Waals surface area contributed by atoms with Crippen molar-refractivity contribution < 1.29 is 9.84 Å². The third-order valence-corrected chi connectivity index (χ3v) is 3.28. The van der Waals surface area contributed by atoms with Crippen molar-refractivity contribution in [3.63, 3.8) is 0 Å². The van der Waals surface area contributed by atoms with Gasteiger partial charge in [0.2, 0.25) is 0 Å². The topological polar surface area (TPSA) is 29.5 Å². The number of benzene rings is 1. The molecule has 1 aliphatic rings. The molecule has 80 valence electrons. The molecule has 1 unspecified atom stereocenters. The molecule has 1 heterocycles. The number of phenols is 1. The molecule has 15 heavy (non-hydrogen) atoms. The minimum Gasteiger partial charge on any atom is -0.507 e. The normalized spacial score (nSPS) is 18.5. The van der Waals surface area contributed by atoms with Crippen molar-refractivity contribution in [3.8, 4) is 11.5 Å². The van der Waals surface area contributed by atoms with Crippen molar-refractivity contribution in [2.75, 3.05) is 0 Å². The highest BCUT2D eigenvalue weighted by molar-refractivity contribution is 5.59. The third kappa shape index (κ3) is 1.32. The van der Waals surface area contributed by atoms with E-state index in [-0.39, 0.29) is 6.10 Å². The Hall–Kier alpha value is -1.44. The molecule has 1 N–H and O–H groups in total. The molecule has 0 bridgehead atoms. The van der Waals surface area contributed by atoms with Crippen LogP contribution in [0.5, 0.6) is 11.5 Å². The van der Waals surface area contributed by atoms with Gasteiger partial charge in [-0.15, -0.1) is 0 Å². The molecule has 1 atom stereocenters. The van der Waals surface area contributed by atoms with Crippen LogP contribution in [0, 0.1) is 20.8 Å². The SMILES string of the molecule is C=CC1Cc2c(C)c(O)c(C)c(C)c2O1. The lowest BCUT2D eigenvalue weighted by molar-refractivity contribution is 0.282. The Morgan fingerprint density at radius 2 is 1.93 bits per heavy atom. The second-order valence-corrected chi connectivity index (χ2v) is 4.13. The van der Waals surface area contributed by atoms with Crippen LogP contribution in [-0.2, 0) is 6.42 Å². The van der Waals surface area contributed by atoms with Gasteiger partial charge in [0.05, 0.1) is 0 Å². The zero-order chi connectivity index (χ0) is 11.2. The fourth-order valence-corrected chi connectivity index (χ4v) is 2.10. The molecule has 2 nitrogen and oxygen atoms in total. The molecular weight excluding hydrogens is 188 g/mol. The second kappa shape index (κ2) is 3.30. The molecule has 2 heteroatoms. The first-order valence-electron chi connectivity index (χ1n) is 5.17. The van der Waals surface area contributed by atoms with Crippen molar-refractivity contribution >= 4 is 0 Å². The minimum absolute atomic E-state index is 0.0543. The number of phenolic OH excluding ortho intramolecular Hbond substituents is 1. The predicted molar refractivity (Wildman–Crippen MR) is 60.6 cm³/mol. The Balaban J connectivity index is 2.63. The van der Waals surface area contributed by atoms with Gasteiger partial charge in [0.25, 0.3) is 0 Å². The molecule has 1 aromatic rings. The van der Waals surface area contributed by atoms with Gasteiger partial charge in [-0.25, -0.2) is 0 Å². The fourth-order valence-electron chi connectivity index (χ4n) is 2.10. The molecular formula is C13H16O2. The first-order chi connectivity index (χ1) is 7.06. The summed E-state index contributed by atoms with van der Waals surface area (Å²) in [5, 5.41) is 9.93. The summed E-state index contributed by atoms with van der Waals surface area (Å²) in [5.74, 6) is 1.34. The molecule has 1 aliphatic heterocycles. The summed E-state index contributed by atoms with van der Waals surface area (Å²) in [4.78, 5) is 0. The van der Waals surface area contributed by atoms with E-state index in [0.29, 0.717) is 5.75 Å². The number of hydrogen-bond acceptors (Lipinski definition) is 2. The van der Waals surface area contributed by atoms with E-state index in [4.69, 9.17) is 4.74 Å². The fraction of sp³-hybridized carbons (Fsp3) is 0.385. The van der Waals surface area contributed by atoms with Gasteiger partial charge in [0, 0.05) is 12.0 Å². The largest absolute Gasteiger partial charge is 0.507 e. The van der Waals surface area contributed by atoms with E-state index in [1.807, 2.05) is 26.8 Å². The molecule has 0 saturated heterocycles. The summed E-state index contributed by atoms with van der Waals surface area (Å²) in [6.07, 6.45) is 2.68. The summed E-state index contributed by atoms with van der Waals surface area (Å²) in [6, 6.07) is 0. The molecule has 1 aromatic carbocycles. The second-order valence-electron chi connectivity index (χ2n) is 4.13. The highest BCUT2D eigenvalue weighted by Crippen LogP contribution is 2.41. The van der Waals surface area contributed by atoms with E-state index in [1.54, 1.807) is 0 Å². The zero-order valence-corrected chi connectivity index (χ0v) is 9.42. The lowest BCUT2D eigenvalue weighted by Gasteiger charge is -2.12. The average Bonchev–Trinajstić information content (AvgIpc) is 2.67. The lowest BCUT2D eigenvalue weighted by atomic mass is 9.96. The maximum Gasteiger partial charge on any atom is 0.127 e. The Labute approximate surface area is 90.2 Å². The van der Waals surface area contributed by atoms with Gasteiger partial charge in [-0.1, -0.05) is 12.7 Å². The maximum absolute atomic E-state index is 9.93. The van der Waals surface area contributed by atoms with Crippen molar-refractivity contribution in [2.45, 2.75) is 33.3 Å². The Kier molecular flexibility index (Phi) is 2.22. The molecule has 0 saturated carbocycles. The highest BCUT2D eigenvalue weighted by atomic mass is 16.5. The zero-order valence-electron chi connectivity index (χ0n) is 9.42. The lowest BCUT2D eigenvalue weighted by Crippen LogP contribution is -2.07. The Morgan fingerprint density at radius 3 is 2.53 bits per heavy atom. The smallest absolute Gasteiger partial charge is 0.127 e. The van der Waals surface area contributed by atoms with Crippen LogP contribution in [-0.4, -0.2) is 11.2 Å². The van der Waals surface area contributed by atoms with Gasteiger partial charge in [-0.2, -0.15) is 0 Å². The minimum atomic E-state index is 0.0543. The predicted octanol–water partition coefficient (Wildman–Crippen LogP) is 2.81. The van der Waals surface area contributed by atoms with E-state index >= 15 is 0 Å². The molecule has 0 amide bonds. The first kappa shape index (κ1) is 10.1. The van der Waals surface area contributed by atoms with Crippen LogP contribution in [0.4, 0.5) is 0 Å². The first-order valence-corrected chi connectivity index (χ1v) is 5.17. The van der Waals surface area contributed by atoms with Crippen molar-refractivity contribution in [1.29, 1.82) is 0 Å². The number of fused-ring (bicyclic) bond motifs is 1. The highest BCUT2D eigenvalue weighted by Gasteiger charge is 2.27. The van der Waals surface area contributed by atoms with E-state index in [2.05, 4.69) is 6.58 Å². The summed E-state index contributed by atoms with van der Waals surface area (Å²) in [7, 11) is 0. The van der Waals surface area contributed by atoms with E-state index in [1.165, 1.54) is 0 Å². The van der Waals surface area contributed by atoms with E-state index in [0.717, 1.165) is 34.4 Å². The standard InChI is InChI=1S/C13H16O2/c1-5-10-6-11-9(4)12(14)7(2)8(3)13(11)15-10/h5,10,14H,1,6H2,2-4H3. The van der Waals surface area contributed by atoms with E-state index in [9.17, 15) is 5.11 Å². The Bertz CT molecular complexity index is 396. The van der Waals surface area contributed by atoms with E-state index < -0.39 is 0 Å². The van der Waals surface area contributed by atoms with Crippen LogP contribution in [0.1, 0.15) is 22.3 Å². The quantitative estimate of drug-likeness (QED) is 0.713. The van der Waals surface area contributed by atoms with Crippen LogP contribution >= 0.6 is 0 Å². The van der Waals surface area contributed by atoms with Gasteiger partial charge in [-0.05, 0) is 37.5 Å². The number of ether oxygens (including phenoxy) is 1. The molecule has 0 radical (unpaired) electrons. The van der Waals surface area contributed by atoms with Gasteiger partial charge < -0.3 is 9.84 Å². The van der Waals surface area contributed by atoms with Crippen molar-refractivity contribution in [1.82, 2.24) is 0 Å². The van der Waals surface area contributed by atoms with Crippen LogP contribution in [0.3, 0.4) is 0 Å². The van der Waals surface area contributed by atoms with Gasteiger partial charge in [-0.3, -0.25) is 0 Å². The number of hydrogen-bond donors (Lipinski definition) is 1. The number of rotatable bonds is 1. The van der Waals surface area contributed by atoms with Crippen molar-refractivity contribution in [2.24, 2.45) is 0 Å². The third-order valence-electron chi connectivity index (χ3n) is 3.28. The van der Waals surface area contributed by atoms with Crippen LogP contribution in [0.2, 0.25) is 0 Å². The molecule has 0 spiro atoms. The van der Waals surface area contributed by atoms with Crippen molar-refractivity contribution in [3.05, 3.63) is 34.9 Å². The Morgan fingerprint density at radius 1 is 1.27 bits per heavy atom. The molecule has 0 aliphatic carbocycles. The molecule has 0 fully saturated rings. The van der Waals surface area contributed by atoms with Gasteiger partial charge in [0.1, 0.15) is 17.6 Å². The molecule has 0 aromatic heterocycles. The number of aromatic hydroxyl groups is 1. The van der Waals surface area contributed by atoms with Gasteiger partial charge in [0.15, 0.2) is 0 Å². The monoisotopic (exact) mass is 204 g/mol. The molecule has 2 rings (SSSR count). The maximum atomic E-state index is 9.93. The van der Waals surface area contributed by atoms with Gasteiger partial charge >= 0.3 is 0 Å². The summed E-state index contributed by atoms with van der Waals surface area (Å²) >= 11 is 0. The van der Waals surface area contributed by atoms with Crippen LogP contribution < -0.4 is 4.74 Å². The summed E-state index contributed by atoms with van der Waals surface area (Å²) in [6.45, 7) is 9.59.